The van der Waals surface area contributed by atoms with Crippen LogP contribution in [0.4, 0.5) is 0 Å². The fourth-order valence-corrected chi connectivity index (χ4v) is 1.26. The van der Waals surface area contributed by atoms with Gasteiger partial charge in [0.05, 0.1) is 25.5 Å². The zero-order chi connectivity index (χ0) is 12.0. The predicted octanol–water partition coefficient (Wildman–Crippen LogP) is 1.16. The Balaban J connectivity index is 3.11. The van der Waals surface area contributed by atoms with Crippen molar-refractivity contribution in [3.8, 4) is 5.75 Å². The molecule has 1 aromatic carbocycles. The molecule has 5 heteroatoms. The SMILES string of the molecule is CCOc1ccc(C(=O)OC)cc1C=NN. The van der Waals surface area contributed by atoms with Crippen LogP contribution in [0.2, 0.25) is 0 Å². The van der Waals surface area contributed by atoms with Crippen LogP contribution in [0.15, 0.2) is 23.3 Å². The summed E-state index contributed by atoms with van der Waals surface area (Å²) in [5.41, 5.74) is 1.08. The van der Waals surface area contributed by atoms with Crippen molar-refractivity contribution in [3.05, 3.63) is 29.3 Å². The Morgan fingerprint density at radius 2 is 2.31 bits per heavy atom. The number of benzene rings is 1. The predicted molar refractivity (Wildman–Crippen MR) is 60.7 cm³/mol. The van der Waals surface area contributed by atoms with Crippen molar-refractivity contribution in [2.24, 2.45) is 10.9 Å². The minimum absolute atomic E-state index is 0.408. The van der Waals surface area contributed by atoms with Crippen molar-refractivity contribution in [2.75, 3.05) is 13.7 Å². The monoisotopic (exact) mass is 222 g/mol. The molecule has 86 valence electrons. The summed E-state index contributed by atoms with van der Waals surface area (Å²) in [5.74, 6) is 5.30. The third-order valence-electron chi connectivity index (χ3n) is 1.94. The highest BCUT2D eigenvalue weighted by molar-refractivity contribution is 5.93. The summed E-state index contributed by atoms with van der Waals surface area (Å²) >= 11 is 0. The molecule has 0 heterocycles. The van der Waals surface area contributed by atoms with Gasteiger partial charge in [-0.25, -0.2) is 4.79 Å². The lowest BCUT2D eigenvalue weighted by Crippen LogP contribution is -2.04. The van der Waals surface area contributed by atoms with Gasteiger partial charge in [0, 0.05) is 5.56 Å². The first-order valence-corrected chi connectivity index (χ1v) is 4.81. The number of rotatable bonds is 4. The molecule has 0 aliphatic carbocycles. The molecule has 0 atom stereocenters. The molecular formula is C11H14N2O3. The summed E-state index contributed by atoms with van der Waals surface area (Å²) < 4.78 is 9.97. The van der Waals surface area contributed by atoms with Gasteiger partial charge in [-0.05, 0) is 25.1 Å². The number of hydrogen-bond acceptors (Lipinski definition) is 5. The maximum absolute atomic E-state index is 11.3. The smallest absolute Gasteiger partial charge is 0.337 e. The van der Waals surface area contributed by atoms with Crippen LogP contribution in [0.1, 0.15) is 22.8 Å². The van der Waals surface area contributed by atoms with Gasteiger partial charge in [0.2, 0.25) is 0 Å². The molecule has 2 N–H and O–H groups in total. The summed E-state index contributed by atoms with van der Waals surface area (Å²) in [5, 5.41) is 3.42. The Morgan fingerprint density at radius 1 is 1.56 bits per heavy atom. The lowest BCUT2D eigenvalue weighted by atomic mass is 10.1. The van der Waals surface area contributed by atoms with Crippen molar-refractivity contribution in [2.45, 2.75) is 6.92 Å². The number of methoxy groups -OCH3 is 1. The average molecular weight is 222 g/mol. The Kier molecular flexibility index (Phi) is 4.32. The minimum Gasteiger partial charge on any atom is -0.493 e. The van der Waals surface area contributed by atoms with E-state index >= 15 is 0 Å². The van der Waals surface area contributed by atoms with Gasteiger partial charge in [-0.15, -0.1) is 0 Å². The Labute approximate surface area is 93.9 Å². The van der Waals surface area contributed by atoms with Gasteiger partial charge in [-0.2, -0.15) is 5.10 Å². The molecule has 0 radical (unpaired) electrons. The summed E-state index contributed by atoms with van der Waals surface area (Å²) in [6.07, 6.45) is 1.43. The van der Waals surface area contributed by atoms with Crippen LogP contribution in [0.25, 0.3) is 0 Å². The van der Waals surface area contributed by atoms with Crippen molar-refractivity contribution in [1.82, 2.24) is 0 Å². The molecule has 5 nitrogen and oxygen atoms in total. The number of ether oxygens (including phenoxy) is 2. The first kappa shape index (κ1) is 12.0. The average Bonchev–Trinajstić information content (AvgIpc) is 2.31. The quantitative estimate of drug-likeness (QED) is 0.359. The summed E-state index contributed by atoms with van der Waals surface area (Å²) in [4.78, 5) is 11.3. The van der Waals surface area contributed by atoms with Crippen molar-refractivity contribution in [1.29, 1.82) is 0 Å². The lowest BCUT2D eigenvalue weighted by Gasteiger charge is -2.08. The second kappa shape index (κ2) is 5.75. The van der Waals surface area contributed by atoms with Gasteiger partial charge in [0.25, 0.3) is 0 Å². The number of nitrogens with zero attached hydrogens (tertiary/aromatic N) is 1. The topological polar surface area (TPSA) is 73.9 Å². The van der Waals surface area contributed by atoms with Crippen LogP contribution in [0.3, 0.4) is 0 Å². The van der Waals surface area contributed by atoms with E-state index in [-0.39, 0.29) is 0 Å². The summed E-state index contributed by atoms with van der Waals surface area (Å²) in [6, 6.07) is 4.94. The van der Waals surface area contributed by atoms with Gasteiger partial charge in [0.15, 0.2) is 0 Å². The van der Waals surface area contributed by atoms with Gasteiger partial charge in [-0.1, -0.05) is 0 Å². The molecule has 16 heavy (non-hydrogen) atoms. The molecule has 0 aliphatic heterocycles. The van der Waals surface area contributed by atoms with Gasteiger partial charge < -0.3 is 15.3 Å². The first-order chi connectivity index (χ1) is 7.72. The molecule has 1 aromatic rings. The fourth-order valence-electron chi connectivity index (χ4n) is 1.26. The summed E-state index contributed by atoms with van der Waals surface area (Å²) in [7, 11) is 1.33. The molecule has 0 fully saturated rings. The van der Waals surface area contributed by atoms with E-state index in [9.17, 15) is 4.79 Å². The van der Waals surface area contributed by atoms with E-state index in [1.807, 2.05) is 6.92 Å². The number of hydrazone groups is 1. The van der Waals surface area contributed by atoms with Crippen LogP contribution in [-0.4, -0.2) is 25.9 Å². The Morgan fingerprint density at radius 3 is 2.88 bits per heavy atom. The van der Waals surface area contributed by atoms with Crippen LogP contribution >= 0.6 is 0 Å². The molecular weight excluding hydrogens is 208 g/mol. The standard InChI is InChI=1S/C11H14N2O3/c1-3-16-10-5-4-8(11(14)15-2)6-9(10)7-13-12/h4-7H,3,12H2,1-2H3. The number of carbonyl (C=O) groups is 1. The van der Waals surface area contributed by atoms with E-state index in [1.165, 1.54) is 13.3 Å². The maximum Gasteiger partial charge on any atom is 0.337 e. The first-order valence-electron chi connectivity index (χ1n) is 4.81. The Bertz CT molecular complexity index is 402. The highest BCUT2D eigenvalue weighted by Gasteiger charge is 2.09. The molecule has 0 bridgehead atoms. The zero-order valence-electron chi connectivity index (χ0n) is 9.27. The van der Waals surface area contributed by atoms with E-state index < -0.39 is 5.97 Å². The van der Waals surface area contributed by atoms with Gasteiger partial charge >= 0.3 is 5.97 Å². The van der Waals surface area contributed by atoms with E-state index in [0.29, 0.717) is 23.5 Å². The van der Waals surface area contributed by atoms with Crippen LogP contribution in [0, 0.1) is 0 Å². The van der Waals surface area contributed by atoms with Crippen molar-refractivity contribution in [3.63, 3.8) is 0 Å². The van der Waals surface area contributed by atoms with Crippen molar-refractivity contribution < 1.29 is 14.3 Å². The second-order valence-electron chi connectivity index (χ2n) is 2.96. The lowest BCUT2D eigenvalue weighted by molar-refractivity contribution is 0.0600. The van der Waals surface area contributed by atoms with Gasteiger partial charge in [0.1, 0.15) is 5.75 Å². The van der Waals surface area contributed by atoms with E-state index in [4.69, 9.17) is 10.6 Å². The molecule has 0 spiro atoms. The highest BCUT2D eigenvalue weighted by atomic mass is 16.5. The number of hydrogen-bond donors (Lipinski definition) is 1. The molecule has 0 saturated heterocycles. The second-order valence-corrected chi connectivity index (χ2v) is 2.96. The van der Waals surface area contributed by atoms with Crippen LogP contribution in [0.5, 0.6) is 5.75 Å². The molecule has 0 amide bonds. The third-order valence-corrected chi connectivity index (χ3v) is 1.94. The van der Waals surface area contributed by atoms with Crippen molar-refractivity contribution >= 4 is 12.2 Å². The molecule has 1 rings (SSSR count). The van der Waals surface area contributed by atoms with E-state index in [2.05, 4.69) is 9.84 Å². The normalized spacial score (nSPS) is 10.4. The Hall–Kier alpha value is -2.04. The van der Waals surface area contributed by atoms with Gasteiger partial charge in [-0.3, -0.25) is 0 Å². The number of carbonyl (C=O) groups excluding carboxylic acids is 1. The molecule has 0 aliphatic rings. The molecule has 0 unspecified atom stereocenters. The minimum atomic E-state index is -0.408. The molecule has 0 saturated carbocycles. The fraction of sp³-hybridized carbons (Fsp3) is 0.273. The van der Waals surface area contributed by atoms with E-state index in [1.54, 1.807) is 18.2 Å². The van der Waals surface area contributed by atoms with Crippen LogP contribution in [-0.2, 0) is 4.74 Å². The highest BCUT2D eigenvalue weighted by Crippen LogP contribution is 2.19. The zero-order valence-corrected chi connectivity index (χ0v) is 9.27. The third kappa shape index (κ3) is 2.73. The maximum atomic E-state index is 11.3. The molecule has 0 aromatic heterocycles. The van der Waals surface area contributed by atoms with Crippen LogP contribution < -0.4 is 10.6 Å². The number of nitrogens with two attached hydrogens (primary N) is 1. The number of esters is 1. The largest absolute Gasteiger partial charge is 0.493 e. The van der Waals surface area contributed by atoms with E-state index in [0.717, 1.165) is 0 Å². The summed E-state index contributed by atoms with van der Waals surface area (Å²) in [6.45, 7) is 2.40.